The first-order valence-corrected chi connectivity index (χ1v) is 10.5. The Morgan fingerprint density at radius 1 is 1.10 bits per heavy atom. The number of hydrogen-bond acceptors (Lipinski definition) is 6. The Bertz CT molecular complexity index is 893. The second-order valence-corrected chi connectivity index (χ2v) is 7.50. The third-order valence-corrected chi connectivity index (χ3v) is 5.34. The SMILES string of the molecule is CCCOc1ccc(/C(C)=N/N=C2/SCC(=O)N2Cc2ccc(OC)cc2)cc1. The molecule has 152 valence electrons. The molecule has 0 saturated carbocycles. The number of carbonyl (C=O) groups is 1. The molecule has 1 saturated heterocycles. The smallest absolute Gasteiger partial charge is 0.239 e. The highest BCUT2D eigenvalue weighted by Crippen LogP contribution is 2.23. The molecule has 1 fully saturated rings. The monoisotopic (exact) mass is 411 g/mol. The number of nitrogens with zero attached hydrogens (tertiary/aromatic N) is 3. The summed E-state index contributed by atoms with van der Waals surface area (Å²) in [6, 6.07) is 15.5. The predicted octanol–water partition coefficient (Wildman–Crippen LogP) is 4.34. The van der Waals surface area contributed by atoms with Crippen molar-refractivity contribution < 1.29 is 14.3 Å². The maximum absolute atomic E-state index is 12.3. The van der Waals surface area contributed by atoms with Crippen LogP contribution in [0.4, 0.5) is 0 Å². The lowest BCUT2D eigenvalue weighted by atomic mass is 10.1. The summed E-state index contributed by atoms with van der Waals surface area (Å²) < 4.78 is 10.8. The zero-order valence-corrected chi connectivity index (χ0v) is 17.7. The average Bonchev–Trinajstić information content (AvgIpc) is 3.10. The van der Waals surface area contributed by atoms with E-state index in [1.54, 1.807) is 12.0 Å². The molecule has 29 heavy (non-hydrogen) atoms. The Hall–Kier alpha value is -2.80. The molecule has 0 N–H and O–H groups in total. The lowest BCUT2D eigenvalue weighted by Gasteiger charge is -2.15. The number of amidine groups is 1. The molecule has 0 aromatic heterocycles. The highest BCUT2D eigenvalue weighted by atomic mass is 32.2. The number of methoxy groups -OCH3 is 1. The second kappa shape index (κ2) is 10.1. The van der Waals surface area contributed by atoms with E-state index in [1.807, 2.05) is 55.5 Å². The zero-order chi connectivity index (χ0) is 20.6. The number of amides is 1. The van der Waals surface area contributed by atoms with Gasteiger partial charge in [0.25, 0.3) is 0 Å². The first-order valence-electron chi connectivity index (χ1n) is 9.52. The molecule has 1 aliphatic rings. The van der Waals surface area contributed by atoms with Gasteiger partial charge in [0.15, 0.2) is 5.17 Å². The summed E-state index contributed by atoms with van der Waals surface area (Å²) in [7, 11) is 1.63. The van der Waals surface area contributed by atoms with Gasteiger partial charge in [0.05, 0.1) is 31.7 Å². The van der Waals surface area contributed by atoms with Crippen molar-refractivity contribution in [1.29, 1.82) is 0 Å². The van der Waals surface area contributed by atoms with E-state index in [0.717, 1.165) is 34.8 Å². The number of ether oxygens (including phenoxy) is 2. The summed E-state index contributed by atoms with van der Waals surface area (Å²) >= 11 is 1.41. The van der Waals surface area contributed by atoms with E-state index < -0.39 is 0 Å². The summed E-state index contributed by atoms with van der Waals surface area (Å²) in [5, 5.41) is 9.32. The molecule has 0 radical (unpaired) electrons. The fourth-order valence-corrected chi connectivity index (χ4v) is 3.56. The van der Waals surface area contributed by atoms with Crippen molar-refractivity contribution >= 4 is 28.5 Å². The highest BCUT2D eigenvalue weighted by Gasteiger charge is 2.28. The fourth-order valence-electron chi connectivity index (χ4n) is 2.73. The minimum Gasteiger partial charge on any atom is -0.497 e. The molecule has 0 atom stereocenters. The zero-order valence-electron chi connectivity index (χ0n) is 16.9. The molecule has 0 aliphatic carbocycles. The van der Waals surface area contributed by atoms with Crippen molar-refractivity contribution in [1.82, 2.24) is 4.90 Å². The highest BCUT2D eigenvalue weighted by molar-refractivity contribution is 8.15. The normalized spacial score (nSPS) is 15.8. The minimum absolute atomic E-state index is 0.0369. The summed E-state index contributed by atoms with van der Waals surface area (Å²) in [4.78, 5) is 14.0. The molecule has 1 aliphatic heterocycles. The second-order valence-electron chi connectivity index (χ2n) is 6.56. The molecular formula is C22H25N3O3S. The van der Waals surface area contributed by atoms with Gasteiger partial charge in [0, 0.05) is 0 Å². The molecule has 2 aromatic rings. The van der Waals surface area contributed by atoms with Gasteiger partial charge in [0.1, 0.15) is 11.5 Å². The van der Waals surface area contributed by atoms with Crippen LogP contribution in [0.2, 0.25) is 0 Å². The van der Waals surface area contributed by atoms with E-state index >= 15 is 0 Å². The van der Waals surface area contributed by atoms with Gasteiger partial charge in [-0.3, -0.25) is 9.69 Å². The van der Waals surface area contributed by atoms with Crippen LogP contribution in [0.1, 0.15) is 31.4 Å². The van der Waals surface area contributed by atoms with E-state index in [-0.39, 0.29) is 5.91 Å². The van der Waals surface area contributed by atoms with E-state index in [9.17, 15) is 4.79 Å². The van der Waals surface area contributed by atoms with Crippen LogP contribution in [0.3, 0.4) is 0 Å². The van der Waals surface area contributed by atoms with Gasteiger partial charge in [-0.15, -0.1) is 5.10 Å². The first kappa shape index (κ1) is 20.9. The molecule has 0 spiro atoms. The summed E-state index contributed by atoms with van der Waals surface area (Å²) in [6.45, 7) is 5.15. The molecule has 1 heterocycles. The van der Waals surface area contributed by atoms with Crippen LogP contribution in [-0.4, -0.2) is 41.2 Å². The number of rotatable bonds is 8. The van der Waals surface area contributed by atoms with Crippen molar-refractivity contribution in [3.05, 3.63) is 59.7 Å². The third kappa shape index (κ3) is 5.60. The first-order chi connectivity index (χ1) is 14.1. The number of benzene rings is 2. The Morgan fingerprint density at radius 3 is 2.45 bits per heavy atom. The fraction of sp³-hybridized carbons (Fsp3) is 0.318. The quantitative estimate of drug-likeness (QED) is 0.479. The van der Waals surface area contributed by atoms with Gasteiger partial charge >= 0.3 is 0 Å². The van der Waals surface area contributed by atoms with Crippen LogP contribution in [0.5, 0.6) is 11.5 Å². The molecular weight excluding hydrogens is 386 g/mol. The van der Waals surface area contributed by atoms with Gasteiger partial charge in [-0.25, -0.2) is 0 Å². The lowest BCUT2D eigenvalue weighted by molar-refractivity contribution is -0.124. The Labute approximate surface area is 175 Å². The van der Waals surface area contributed by atoms with Crippen LogP contribution < -0.4 is 9.47 Å². The van der Waals surface area contributed by atoms with Gasteiger partial charge in [-0.2, -0.15) is 5.10 Å². The Balaban J connectivity index is 1.70. The van der Waals surface area contributed by atoms with E-state index in [1.165, 1.54) is 11.8 Å². The lowest BCUT2D eigenvalue weighted by Crippen LogP contribution is -2.28. The molecule has 0 unspecified atom stereocenters. The van der Waals surface area contributed by atoms with Gasteiger partial charge in [-0.05, 0) is 60.9 Å². The van der Waals surface area contributed by atoms with Crippen molar-refractivity contribution in [2.45, 2.75) is 26.8 Å². The molecule has 3 rings (SSSR count). The van der Waals surface area contributed by atoms with Crippen molar-refractivity contribution in [2.75, 3.05) is 19.5 Å². The van der Waals surface area contributed by atoms with E-state index in [2.05, 4.69) is 17.1 Å². The molecule has 2 aromatic carbocycles. The molecule has 0 bridgehead atoms. The Kier molecular flexibility index (Phi) is 7.30. The third-order valence-electron chi connectivity index (χ3n) is 4.39. The molecule has 7 heteroatoms. The van der Waals surface area contributed by atoms with Crippen LogP contribution in [0.15, 0.2) is 58.7 Å². The van der Waals surface area contributed by atoms with E-state index in [4.69, 9.17) is 9.47 Å². The minimum atomic E-state index is 0.0369. The van der Waals surface area contributed by atoms with Gasteiger partial charge in [0.2, 0.25) is 5.91 Å². The number of hydrogen-bond donors (Lipinski definition) is 0. The Morgan fingerprint density at radius 2 is 1.79 bits per heavy atom. The van der Waals surface area contributed by atoms with Crippen LogP contribution in [0.25, 0.3) is 0 Å². The van der Waals surface area contributed by atoms with Crippen molar-refractivity contribution in [3.63, 3.8) is 0 Å². The topological polar surface area (TPSA) is 63.5 Å². The maximum Gasteiger partial charge on any atom is 0.239 e. The largest absolute Gasteiger partial charge is 0.497 e. The molecule has 1 amide bonds. The summed E-state index contributed by atoms with van der Waals surface area (Å²) in [5.41, 5.74) is 2.76. The van der Waals surface area contributed by atoms with Gasteiger partial charge < -0.3 is 9.47 Å². The van der Waals surface area contributed by atoms with Crippen LogP contribution in [0, 0.1) is 0 Å². The van der Waals surface area contributed by atoms with Crippen molar-refractivity contribution in [3.8, 4) is 11.5 Å². The van der Waals surface area contributed by atoms with Crippen LogP contribution in [-0.2, 0) is 11.3 Å². The number of carbonyl (C=O) groups excluding carboxylic acids is 1. The summed E-state index contributed by atoms with van der Waals surface area (Å²) in [6.07, 6.45) is 0.975. The number of thioether (sulfide) groups is 1. The van der Waals surface area contributed by atoms with Crippen LogP contribution >= 0.6 is 11.8 Å². The van der Waals surface area contributed by atoms with Gasteiger partial charge in [-0.1, -0.05) is 30.8 Å². The predicted molar refractivity (Wildman–Crippen MR) is 118 cm³/mol. The van der Waals surface area contributed by atoms with E-state index in [0.29, 0.717) is 24.1 Å². The van der Waals surface area contributed by atoms with Crippen molar-refractivity contribution in [2.24, 2.45) is 10.2 Å². The average molecular weight is 412 g/mol. The maximum atomic E-state index is 12.3. The molecule has 6 nitrogen and oxygen atoms in total. The standard InChI is InChI=1S/C22H25N3O3S/c1-4-13-28-20-11-7-18(8-12-20)16(2)23-24-22-25(21(26)15-29-22)14-17-5-9-19(27-3)10-6-17/h5-12H,4,13-15H2,1-3H3/b23-16+,24-22+. The summed E-state index contributed by atoms with van der Waals surface area (Å²) in [5.74, 6) is 2.05.